The molecule has 1 aliphatic rings. The van der Waals surface area contributed by atoms with Gasteiger partial charge >= 0.3 is 5.97 Å². The van der Waals surface area contributed by atoms with Gasteiger partial charge in [0, 0.05) is 32.6 Å². The molecule has 0 aromatic rings. The molecule has 0 aromatic heterocycles. The van der Waals surface area contributed by atoms with Crippen molar-refractivity contribution in [3.05, 3.63) is 0 Å². The third kappa shape index (κ3) is 11.5. The first-order chi connectivity index (χ1) is 8.33. The number of rotatable bonds is 8. The Hall–Kier alpha value is -0.0300. The number of halogens is 2. The summed E-state index contributed by atoms with van der Waals surface area (Å²) < 4.78 is 4.89. The number of ether oxygens (including phenoxy) is 1. The van der Waals surface area contributed by atoms with Gasteiger partial charge < -0.3 is 15.0 Å². The molecule has 116 valence electrons. The minimum absolute atomic E-state index is 0. The molecule has 1 rings (SSSR count). The van der Waals surface area contributed by atoms with Gasteiger partial charge in [-0.25, -0.2) is 0 Å². The van der Waals surface area contributed by atoms with Crippen LogP contribution in [0.5, 0.6) is 0 Å². The van der Waals surface area contributed by atoms with Crippen molar-refractivity contribution in [3.8, 4) is 0 Å². The lowest BCUT2D eigenvalue weighted by molar-refractivity contribution is -0.143. The zero-order chi connectivity index (χ0) is 12.3. The second-order valence-electron chi connectivity index (χ2n) is 4.56. The van der Waals surface area contributed by atoms with Crippen molar-refractivity contribution in [3.63, 3.8) is 0 Å². The van der Waals surface area contributed by atoms with Crippen molar-refractivity contribution in [1.82, 2.24) is 10.2 Å². The van der Waals surface area contributed by atoms with Crippen molar-refractivity contribution in [2.24, 2.45) is 0 Å². The summed E-state index contributed by atoms with van der Waals surface area (Å²) in [5.74, 6) is -0.0467. The number of hydrogen-bond acceptors (Lipinski definition) is 4. The number of piperazine rings is 1. The SMILES string of the molecule is CCOC(=O)CCCCCCN1CCNCC1.Cl.Cl. The highest BCUT2D eigenvalue weighted by Gasteiger charge is 2.08. The maximum absolute atomic E-state index is 11.1. The fourth-order valence-corrected chi connectivity index (χ4v) is 2.13. The maximum Gasteiger partial charge on any atom is 0.305 e. The Morgan fingerprint density at radius 3 is 2.37 bits per heavy atom. The van der Waals surface area contributed by atoms with E-state index in [1.807, 2.05) is 6.92 Å². The van der Waals surface area contributed by atoms with E-state index in [9.17, 15) is 4.79 Å². The van der Waals surface area contributed by atoms with Crippen molar-refractivity contribution in [2.45, 2.75) is 39.0 Å². The highest BCUT2D eigenvalue weighted by atomic mass is 35.5. The number of carbonyl (C=O) groups excluding carboxylic acids is 1. The van der Waals surface area contributed by atoms with Crippen molar-refractivity contribution in [2.75, 3.05) is 39.3 Å². The molecular formula is C13H28Cl2N2O2. The first-order valence-corrected chi connectivity index (χ1v) is 6.91. The summed E-state index contributed by atoms with van der Waals surface area (Å²) >= 11 is 0. The standard InChI is InChI=1S/C13H26N2O2.2ClH/c1-2-17-13(16)7-5-3-4-6-10-15-11-8-14-9-12-15;;/h14H,2-12H2,1H3;2*1H. The number of nitrogens with one attached hydrogen (secondary N) is 1. The van der Waals surface area contributed by atoms with Crippen LogP contribution in [-0.2, 0) is 9.53 Å². The van der Waals surface area contributed by atoms with Crippen LogP contribution in [0.4, 0.5) is 0 Å². The van der Waals surface area contributed by atoms with Crippen LogP contribution >= 0.6 is 24.8 Å². The van der Waals surface area contributed by atoms with Crippen LogP contribution in [0.2, 0.25) is 0 Å². The number of unbranched alkanes of at least 4 members (excludes halogenated alkanes) is 3. The Kier molecular flexibility index (Phi) is 16.1. The quantitative estimate of drug-likeness (QED) is 0.551. The molecule has 1 heterocycles. The lowest BCUT2D eigenvalue weighted by Crippen LogP contribution is -2.43. The Balaban J connectivity index is 0. The van der Waals surface area contributed by atoms with Gasteiger partial charge in [-0.05, 0) is 26.3 Å². The topological polar surface area (TPSA) is 41.6 Å². The molecule has 0 amide bonds. The third-order valence-corrected chi connectivity index (χ3v) is 3.12. The second kappa shape index (κ2) is 14.4. The van der Waals surface area contributed by atoms with Gasteiger partial charge in [0.25, 0.3) is 0 Å². The van der Waals surface area contributed by atoms with Crippen LogP contribution in [0.15, 0.2) is 0 Å². The van der Waals surface area contributed by atoms with Gasteiger partial charge in [0.15, 0.2) is 0 Å². The molecule has 0 atom stereocenters. The molecule has 0 unspecified atom stereocenters. The van der Waals surface area contributed by atoms with Crippen molar-refractivity contribution >= 4 is 30.8 Å². The zero-order valence-electron chi connectivity index (χ0n) is 11.9. The molecule has 1 N–H and O–H groups in total. The van der Waals surface area contributed by atoms with Crippen molar-refractivity contribution in [1.29, 1.82) is 0 Å². The summed E-state index contributed by atoms with van der Waals surface area (Å²) in [6, 6.07) is 0. The van der Waals surface area contributed by atoms with Crippen LogP contribution in [0.25, 0.3) is 0 Å². The molecular weight excluding hydrogens is 287 g/mol. The lowest BCUT2D eigenvalue weighted by Gasteiger charge is -2.26. The van der Waals surface area contributed by atoms with E-state index in [1.165, 1.54) is 32.5 Å². The summed E-state index contributed by atoms with van der Waals surface area (Å²) in [7, 11) is 0. The first-order valence-electron chi connectivity index (χ1n) is 6.91. The van der Waals surface area contributed by atoms with Gasteiger partial charge in [-0.3, -0.25) is 4.79 Å². The third-order valence-electron chi connectivity index (χ3n) is 3.12. The van der Waals surface area contributed by atoms with E-state index in [0.29, 0.717) is 13.0 Å². The Morgan fingerprint density at radius 2 is 1.74 bits per heavy atom. The largest absolute Gasteiger partial charge is 0.466 e. The second-order valence-corrected chi connectivity index (χ2v) is 4.56. The van der Waals surface area contributed by atoms with E-state index in [0.717, 1.165) is 25.9 Å². The van der Waals surface area contributed by atoms with Crippen LogP contribution in [0.1, 0.15) is 39.0 Å². The lowest BCUT2D eigenvalue weighted by atomic mass is 10.1. The number of hydrogen-bond donors (Lipinski definition) is 1. The molecule has 19 heavy (non-hydrogen) atoms. The average molecular weight is 315 g/mol. The molecule has 0 bridgehead atoms. The van der Waals surface area contributed by atoms with Gasteiger partial charge in [-0.1, -0.05) is 12.8 Å². The maximum atomic E-state index is 11.1. The van der Waals surface area contributed by atoms with Gasteiger partial charge in [0.1, 0.15) is 0 Å². The highest BCUT2D eigenvalue weighted by molar-refractivity contribution is 5.85. The Labute approximate surface area is 129 Å². The molecule has 6 heteroatoms. The van der Waals surface area contributed by atoms with E-state index < -0.39 is 0 Å². The zero-order valence-corrected chi connectivity index (χ0v) is 13.5. The van der Waals surface area contributed by atoms with Crippen LogP contribution < -0.4 is 5.32 Å². The van der Waals surface area contributed by atoms with Gasteiger partial charge in [0.2, 0.25) is 0 Å². The Morgan fingerprint density at radius 1 is 1.11 bits per heavy atom. The fraction of sp³-hybridized carbons (Fsp3) is 0.923. The highest BCUT2D eigenvalue weighted by Crippen LogP contribution is 2.05. The Bertz CT molecular complexity index is 213. The van der Waals surface area contributed by atoms with Crippen LogP contribution in [0, 0.1) is 0 Å². The summed E-state index contributed by atoms with van der Waals surface area (Å²) in [4.78, 5) is 13.6. The minimum atomic E-state index is -0.0467. The molecule has 1 saturated heterocycles. The molecule has 0 aromatic carbocycles. The molecule has 0 radical (unpaired) electrons. The monoisotopic (exact) mass is 314 g/mol. The van der Waals surface area contributed by atoms with E-state index in [1.54, 1.807) is 0 Å². The normalized spacial score (nSPS) is 15.2. The van der Waals surface area contributed by atoms with Crippen LogP contribution in [0.3, 0.4) is 0 Å². The summed E-state index contributed by atoms with van der Waals surface area (Å²) in [6.45, 7) is 8.19. The van der Waals surface area contributed by atoms with E-state index in [4.69, 9.17) is 4.74 Å². The van der Waals surface area contributed by atoms with Gasteiger partial charge in [0.05, 0.1) is 6.61 Å². The molecule has 1 fully saturated rings. The van der Waals surface area contributed by atoms with E-state index in [-0.39, 0.29) is 30.8 Å². The molecule has 0 spiro atoms. The fourth-order valence-electron chi connectivity index (χ4n) is 2.13. The summed E-state index contributed by atoms with van der Waals surface area (Å²) in [5, 5.41) is 3.36. The average Bonchev–Trinajstić information content (AvgIpc) is 2.35. The predicted molar refractivity (Wildman–Crippen MR) is 83.5 cm³/mol. The smallest absolute Gasteiger partial charge is 0.305 e. The minimum Gasteiger partial charge on any atom is -0.466 e. The van der Waals surface area contributed by atoms with Gasteiger partial charge in [-0.15, -0.1) is 24.8 Å². The predicted octanol–water partition coefficient (Wildman–Crippen LogP) is 2.25. The molecule has 4 nitrogen and oxygen atoms in total. The number of nitrogens with zero attached hydrogens (tertiary/aromatic N) is 1. The summed E-state index contributed by atoms with van der Waals surface area (Å²) in [5.41, 5.74) is 0. The number of esters is 1. The first kappa shape index (κ1) is 21.3. The number of carbonyl (C=O) groups is 1. The van der Waals surface area contributed by atoms with Gasteiger partial charge in [-0.2, -0.15) is 0 Å². The molecule has 0 saturated carbocycles. The molecule has 1 aliphatic heterocycles. The molecule has 0 aliphatic carbocycles. The van der Waals surface area contributed by atoms with E-state index in [2.05, 4.69) is 10.2 Å². The van der Waals surface area contributed by atoms with Crippen LogP contribution in [-0.4, -0.2) is 50.2 Å². The summed E-state index contributed by atoms with van der Waals surface area (Å²) in [6.07, 6.45) is 5.18. The van der Waals surface area contributed by atoms with E-state index >= 15 is 0 Å². The van der Waals surface area contributed by atoms with Crippen molar-refractivity contribution < 1.29 is 9.53 Å².